The van der Waals surface area contributed by atoms with Crippen LogP contribution in [-0.2, 0) is 47.6 Å². The summed E-state index contributed by atoms with van der Waals surface area (Å²) >= 11 is 2.54. The first-order chi connectivity index (χ1) is 26.1. The number of benzene rings is 1. The summed E-state index contributed by atoms with van der Waals surface area (Å²) in [5.41, 5.74) is 0.799. The van der Waals surface area contributed by atoms with Crippen LogP contribution in [0.4, 0.5) is 0 Å². The molecule has 0 aromatic heterocycles. The third kappa shape index (κ3) is 18.4. The molecule has 1 aliphatic rings. The smallest absolute Gasteiger partial charge is 0.309 e. The van der Waals surface area contributed by atoms with Crippen molar-refractivity contribution in [2.24, 2.45) is 5.92 Å². The fraction of sp³-hybridized carbons (Fsp3) is 0.632. The predicted molar refractivity (Wildman–Crippen MR) is 200 cm³/mol. The number of aryl methyl sites for hydroxylation is 1. The van der Waals surface area contributed by atoms with Gasteiger partial charge in [0.25, 0.3) is 0 Å². The molecule has 14 nitrogen and oxygen atoms in total. The Labute approximate surface area is 326 Å². The van der Waals surface area contributed by atoms with Crippen LogP contribution >= 0.6 is 23.5 Å². The molecule has 0 bridgehead atoms. The van der Waals surface area contributed by atoms with Gasteiger partial charge in [0, 0.05) is 39.6 Å². The fourth-order valence-corrected chi connectivity index (χ4v) is 7.19. The van der Waals surface area contributed by atoms with Crippen molar-refractivity contribution in [3.8, 4) is 23.6 Å². The maximum absolute atomic E-state index is 12.4. The van der Waals surface area contributed by atoms with E-state index in [2.05, 4.69) is 0 Å². The molecule has 54 heavy (non-hydrogen) atoms. The summed E-state index contributed by atoms with van der Waals surface area (Å²) in [6.45, 7) is 7.80. The first-order valence-corrected chi connectivity index (χ1v) is 19.8. The molecular formula is C38H52N2O12S2. The predicted octanol–water partition coefficient (Wildman–Crippen LogP) is 6.60. The van der Waals surface area contributed by atoms with Gasteiger partial charge in [0.2, 0.25) is 0 Å². The maximum Gasteiger partial charge on any atom is 0.309 e. The number of carbonyl (C=O) groups is 4. The van der Waals surface area contributed by atoms with Gasteiger partial charge < -0.3 is 37.9 Å². The molecule has 0 aliphatic carbocycles. The lowest BCUT2D eigenvalue weighted by atomic mass is 10.2. The van der Waals surface area contributed by atoms with Crippen LogP contribution < -0.4 is 9.47 Å². The van der Waals surface area contributed by atoms with E-state index in [4.69, 9.17) is 37.9 Å². The number of fused-ring (bicyclic) bond motifs is 1. The number of allylic oxidation sites excluding steroid dienone is 1. The van der Waals surface area contributed by atoms with Crippen molar-refractivity contribution in [3.05, 3.63) is 21.4 Å². The standard InChI is InChI=1S/C38H52N2O12S2/c1-27(2)37(44)52-23-22-50-32(42)13-8-6-10-17-48-33(43)14-19-47-30-24-28(3)34(36-35(30)53-38(54-36)29(25-39)26-40)51-18-11-16-46-15-9-5-7-12-31(41)49-21-20-45-4/h24,27H,5-23H2,1-4H3. The highest BCUT2D eigenvalue weighted by molar-refractivity contribution is 8.24. The van der Waals surface area contributed by atoms with Gasteiger partial charge in [0.05, 0.1) is 52.8 Å². The zero-order chi connectivity index (χ0) is 39.6. The van der Waals surface area contributed by atoms with Gasteiger partial charge >= 0.3 is 23.9 Å². The van der Waals surface area contributed by atoms with Gasteiger partial charge in [-0.2, -0.15) is 10.5 Å². The summed E-state index contributed by atoms with van der Waals surface area (Å²) in [6.07, 6.45) is 5.53. The van der Waals surface area contributed by atoms with Gasteiger partial charge in [-0.05, 0) is 50.7 Å². The van der Waals surface area contributed by atoms with Crippen LogP contribution in [0.15, 0.2) is 25.7 Å². The van der Waals surface area contributed by atoms with Crippen LogP contribution in [0.1, 0.15) is 83.6 Å². The van der Waals surface area contributed by atoms with Crippen LogP contribution in [0.5, 0.6) is 11.5 Å². The summed E-state index contributed by atoms with van der Waals surface area (Å²) in [7, 11) is 1.56. The van der Waals surface area contributed by atoms with Crippen molar-refractivity contribution in [1.82, 2.24) is 0 Å². The van der Waals surface area contributed by atoms with Crippen LogP contribution in [0.3, 0.4) is 0 Å². The minimum absolute atomic E-state index is 0.00278. The normalized spacial score (nSPS) is 11.6. The molecule has 0 N–H and O–H groups in total. The molecule has 16 heteroatoms. The molecule has 0 radical (unpaired) electrons. The molecular weight excluding hydrogens is 741 g/mol. The molecule has 0 amide bonds. The van der Waals surface area contributed by atoms with Gasteiger partial charge in [-0.1, -0.05) is 43.8 Å². The zero-order valence-electron chi connectivity index (χ0n) is 31.7. The van der Waals surface area contributed by atoms with E-state index in [1.54, 1.807) is 21.0 Å². The summed E-state index contributed by atoms with van der Waals surface area (Å²) in [6, 6.07) is 5.71. The van der Waals surface area contributed by atoms with E-state index < -0.39 is 5.97 Å². The molecule has 298 valence electrons. The first-order valence-electron chi connectivity index (χ1n) is 18.1. The van der Waals surface area contributed by atoms with Gasteiger partial charge in [0.1, 0.15) is 49.0 Å². The average Bonchev–Trinajstić information content (AvgIpc) is 3.59. The topological polar surface area (TPSA) is 190 Å². The van der Waals surface area contributed by atoms with E-state index in [1.165, 1.54) is 23.5 Å². The van der Waals surface area contributed by atoms with E-state index >= 15 is 0 Å². The Kier molecular flexibility index (Phi) is 23.6. The highest BCUT2D eigenvalue weighted by Gasteiger charge is 2.30. The van der Waals surface area contributed by atoms with Gasteiger partial charge in [-0.25, -0.2) is 0 Å². The number of hydrogen-bond acceptors (Lipinski definition) is 16. The van der Waals surface area contributed by atoms with Crippen molar-refractivity contribution < 1.29 is 57.1 Å². The van der Waals surface area contributed by atoms with Gasteiger partial charge in [-0.3, -0.25) is 19.2 Å². The minimum atomic E-state index is -0.418. The van der Waals surface area contributed by atoms with Crippen LogP contribution in [0.2, 0.25) is 0 Å². The van der Waals surface area contributed by atoms with Crippen molar-refractivity contribution in [3.63, 3.8) is 0 Å². The third-order valence-electron chi connectivity index (χ3n) is 7.47. The largest absolute Gasteiger partial charge is 0.492 e. The van der Waals surface area contributed by atoms with Crippen molar-refractivity contribution >= 4 is 47.4 Å². The second-order valence-corrected chi connectivity index (χ2v) is 14.6. The number of rotatable bonds is 28. The Bertz CT molecular complexity index is 1470. The number of thioether (sulfide) groups is 2. The number of ether oxygens (including phenoxy) is 8. The van der Waals surface area contributed by atoms with E-state index in [-0.39, 0.29) is 75.3 Å². The Balaban J connectivity index is 1.73. The number of unbranched alkanes of at least 4 members (excludes halogenated alkanes) is 4. The molecule has 0 saturated carbocycles. The Morgan fingerprint density at radius 2 is 1.22 bits per heavy atom. The van der Waals surface area contributed by atoms with E-state index in [0.717, 1.165) is 29.7 Å². The minimum Gasteiger partial charge on any atom is -0.492 e. The molecule has 0 atom stereocenters. The van der Waals surface area contributed by atoms with E-state index in [0.29, 0.717) is 79.2 Å². The number of nitrogens with zero attached hydrogens (tertiary/aromatic N) is 2. The van der Waals surface area contributed by atoms with Crippen LogP contribution in [-0.4, -0.2) is 90.4 Å². The lowest BCUT2D eigenvalue weighted by molar-refractivity contribution is -0.154. The number of hydrogen-bond donors (Lipinski definition) is 0. The van der Waals surface area contributed by atoms with Gasteiger partial charge in [-0.15, -0.1) is 0 Å². The Morgan fingerprint density at radius 3 is 1.87 bits per heavy atom. The molecule has 1 aliphatic heterocycles. The van der Waals surface area contributed by atoms with Crippen molar-refractivity contribution in [1.29, 1.82) is 10.5 Å². The second-order valence-electron chi connectivity index (χ2n) is 12.3. The summed E-state index contributed by atoms with van der Waals surface area (Å²) < 4.78 is 43.7. The second kappa shape index (κ2) is 27.6. The number of carbonyl (C=O) groups excluding carboxylic acids is 4. The average molecular weight is 793 g/mol. The van der Waals surface area contributed by atoms with E-state index in [1.807, 2.05) is 25.1 Å². The maximum atomic E-state index is 12.4. The highest BCUT2D eigenvalue weighted by Crippen LogP contribution is 2.59. The number of nitriles is 2. The molecule has 1 heterocycles. The van der Waals surface area contributed by atoms with Crippen LogP contribution in [0, 0.1) is 35.5 Å². The number of esters is 4. The number of methoxy groups -OCH3 is 1. The zero-order valence-corrected chi connectivity index (χ0v) is 33.3. The monoisotopic (exact) mass is 792 g/mol. The summed E-state index contributed by atoms with van der Waals surface area (Å²) in [5, 5.41) is 19.0. The van der Waals surface area contributed by atoms with Crippen molar-refractivity contribution in [2.75, 3.05) is 66.6 Å². The quantitative estimate of drug-likeness (QED) is 0.0381. The Hall–Kier alpha value is -3.96. The lowest BCUT2D eigenvalue weighted by Gasteiger charge is -2.16. The molecule has 0 fully saturated rings. The van der Waals surface area contributed by atoms with Crippen molar-refractivity contribution in [2.45, 2.75) is 94.8 Å². The summed E-state index contributed by atoms with van der Waals surface area (Å²) in [4.78, 5) is 48.7. The SMILES string of the molecule is COCCOC(=O)CCCCCOCCCOc1c(C)cc(OCCC(=O)OCCCCCC(=O)OCCOC(=O)C(C)C)c2c1SC(=C(C#N)C#N)S2. The lowest BCUT2D eigenvalue weighted by Crippen LogP contribution is -2.17. The molecule has 0 saturated heterocycles. The molecule has 1 aromatic carbocycles. The molecule has 2 rings (SSSR count). The van der Waals surface area contributed by atoms with Gasteiger partial charge in [0.15, 0.2) is 0 Å². The first kappa shape index (κ1) is 46.2. The molecule has 1 aromatic rings. The summed E-state index contributed by atoms with van der Waals surface area (Å²) in [5.74, 6) is -0.434. The van der Waals surface area contributed by atoms with Crippen LogP contribution in [0.25, 0.3) is 0 Å². The third-order valence-corrected chi connectivity index (χ3v) is 10.1. The van der Waals surface area contributed by atoms with E-state index in [9.17, 15) is 29.7 Å². The highest BCUT2D eigenvalue weighted by atomic mass is 32.2. The molecule has 0 unspecified atom stereocenters. The fourth-order valence-electron chi connectivity index (χ4n) is 4.61. The molecule has 0 spiro atoms. The Morgan fingerprint density at radius 1 is 0.648 bits per heavy atom.